The minimum Gasteiger partial charge on any atom is -0.352 e. The molecule has 25 heavy (non-hydrogen) atoms. The maximum atomic E-state index is 8.88. The topological polar surface area (TPSA) is 73.9 Å². The highest BCUT2D eigenvalue weighted by atomic mass is 15.3. The Kier molecular flexibility index (Phi) is 4.04. The highest BCUT2D eigenvalue weighted by molar-refractivity contribution is 5.83. The Bertz CT molecular complexity index is 915. The highest BCUT2D eigenvalue weighted by Crippen LogP contribution is 2.23. The molecule has 1 aliphatic rings. The maximum Gasteiger partial charge on any atom is 0.182 e. The number of aromatic nitrogens is 4. The fourth-order valence-corrected chi connectivity index (χ4v) is 3.26. The summed E-state index contributed by atoms with van der Waals surface area (Å²) in [7, 11) is 1.98. The highest BCUT2D eigenvalue weighted by Gasteiger charge is 2.21. The van der Waals surface area contributed by atoms with Crippen LogP contribution in [0.4, 0.5) is 5.82 Å². The van der Waals surface area contributed by atoms with Gasteiger partial charge in [0.2, 0.25) is 0 Å². The second kappa shape index (κ2) is 6.49. The molecule has 0 amide bonds. The van der Waals surface area contributed by atoms with Crippen LogP contribution >= 0.6 is 0 Å². The van der Waals surface area contributed by atoms with Gasteiger partial charge in [-0.15, -0.1) is 0 Å². The number of piperazine rings is 1. The third kappa shape index (κ3) is 3.04. The summed E-state index contributed by atoms with van der Waals surface area (Å²) in [6.07, 6.45) is 3.37. The molecule has 0 N–H and O–H groups in total. The predicted octanol–water partition coefficient (Wildman–Crippen LogP) is 1.56. The van der Waals surface area contributed by atoms with Gasteiger partial charge in [-0.25, -0.2) is 15.0 Å². The summed E-state index contributed by atoms with van der Waals surface area (Å²) in [4.78, 5) is 17.8. The second-order valence-electron chi connectivity index (χ2n) is 6.30. The summed E-state index contributed by atoms with van der Waals surface area (Å²) in [6.45, 7) is 4.71. The molecule has 1 saturated heterocycles. The Balaban J connectivity index is 1.44. The molecule has 3 heterocycles. The molecule has 0 saturated carbocycles. The zero-order chi connectivity index (χ0) is 17.2. The molecule has 7 nitrogen and oxygen atoms in total. The molecule has 0 aliphatic carbocycles. The number of rotatable bonds is 3. The lowest BCUT2D eigenvalue weighted by atomic mass is 10.1. The number of imidazole rings is 1. The summed E-state index contributed by atoms with van der Waals surface area (Å²) in [5.74, 6) is 0.961. The van der Waals surface area contributed by atoms with Crippen LogP contribution in [-0.2, 0) is 13.6 Å². The standard InChI is InChI=1S/C18H19N7/c1-23-13-22-17-16(23)18(21-12-20-17)25-8-6-24(7-9-25)11-15-4-2-14(10-19)3-5-15/h2-5,12-13H,6-9,11H2,1H3. The number of nitrogens with zero attached hydrogens (tertiary/aromatic N) is 7. The van der Waals surface area contributed by atoms with E-state index in [2.05, 4.69) is 30.8 Å². The first-order chi connectivity index (χ1) is 12.2. The zero-order valence-corrected chi connectivity index (χ0v) is 14.1. The van der Waals surface area contributed by atoms with Crippen LogP contribution in [0.3, 0.4) is 0 Å². The lowest BCUT2D eigenvalue weighted by Crippen LogP contribution is -2.46. The lowest BCUT2D eigenvalue weighted by molar-refractivity contribution is 0.249. The molecule has 0 bridgehead atoms. The van der Waals surface area contributed by atoms with Gasteiger partial charge in [-0.1, -0.05) is 12.1 Å². The molecule has 2 aromatic heterocycles. The molecule has 7 heteroatoms. The molecular weight excluding hydrogens is 314 g/mol. The zero-order valence-electron chi connectivity index (χ0n) is 14.1. The molecular formula is C18H19N7. The van der Waals surface area contributed by atoms with Gasteiger partial charge in [0.25, 0.3) is 0 Å². The minimum atomic E-state index is 0.706. The average molecular weight is 333 g/mol. The Morgan fingerprint density at radius 2 is 1.80 bits per heavy atom. The Morgan fingerprint density at radius 3 is 2.52 bits per heavy atom. The maximum absolute atomic E-state index is 8.88. The fraction of sp³-hybridized carbons (Fsp3) is 0.333. The molecule has 0 unspecified atom stereocenters. The van der Waals surface area contributed by atoms with E-state index in [0.29, 0.717) is 5.56 Å². The van der Waals surface area contributed by atoms with Crippen molar-refractivity contribution >= 4 is 17.0 Å². The van der Waals surface area contributed by atoms with E-state index in [-0.39, 0.29) is 0 Å². The van der Waals surface area contributed by atoms with E-state index >= 15 is 0 Å². The number of nitriles is 1. The average Bonchev–Trinajstić information content (AvgIpc) is 3.04. The number of fused-ring (bicyclic) bond motifs is 1. The SMILES string of the molecule is Cn1cnc2ncnc(N3CCN(Cc4ccc(C#N)cc4)CC3)c21. The molecule has 0 spiro atoms. The van der Waals surface area contributed by atoms with Crippen molar-refractivity contribution in [1.82, 2.24) is 24.4 Å². The first-order valence-electron chi connectivity index (χ1n) is 8.33. The van der Waals surface area contributed by atoms with Crippen LogP contribution in [0.15, 0.2) is 36.9 Å². The Morgan fingerprint density at radius 1 is 1.04 bits per heavy atom. The normalized spacial score (nSPS) is 15.4. The van der Waals surface area contributed by atoms with Crippen LogP contribution < -0.4 is 4.90 Å². The monoisotopic (exact) mass is 333 g/mol. The van der Waals surface area contributed by atoms with Crippen LogP contribution in [0, 0.1) is 11.3 Å². The third-order valence-corrected chi connectivity index (χ3v) is 4.65. The first-order valence-corrected chi connectivity index (χ1v) is 8.33. The second-order valence-corrected chi connectivity index (χ2v) is 6.30. The van der Waals surface area contributed by atoms with Crippen molar-refractivity contribution in [2.75, 3.05) is 31.1 Å². The van der Waals surface area contributed by atoms with Crippen molar-refractivity contribution in [3.8, 4) is 6.07 Å². The van der Waals surface area contributed by atoms with Gasteiger partial charge < -0.3 is 9.47 Å². The number of aryl methyl sites for hydroxylation is 1. The number of hydrogen-bond donors (Lipinski definition) is 0. The summed E-state index contributed by atoms with van der Waals surface area (Å²) in [5, 5.41) is 8.88. The van der Waals surface area contributed by atoms with Crippen molar-refractivity contribution in [1.29, 1.82) is 5.26 Å². The van der Waals surface area contributed by atoms with Crippen LogP contribution in [0.5, 0.6) is 0 Å². The molecule has 3 aromatic rings. The fourth-order valence-electron chi connectivity index (χ4n) is 3.26. The molecule has 126 valence electrons. The predicted molar refractivity (Wildman–Crippen MR) is 95.0 cm³/mol. The lowest BCUT2D eigenvalue weighted by Gasteiger charge is -2.35. The van der Waals surface area contributed by atoms with E-state index in [1.54, 1.807) is 12.7 Å². The van der Waals surface area contributed by atoms with E-state index in [0.717, 1.165) is 49.7 Å². The van der Waals surface area contributed by atoms with Gasteiger partial charge in [-0.2, -0.15) is 5.26 Å². The van der Waals surface area contributed by atoms with Gasteiger partial charge in [-0.3, -0.25) is 4.90 Å². The van der Waals surface area contributed by atoms with E-state index in [1.807, 2.05) is 35.9 Å². The summed E-state index contributed by atoms with van der Waals surface area (Å²) in [6, 6.07) is 9.99. The largest absolute Gasteiger partial charge is 0.352 e. The van der Waals surface area contributed by atoms with Gasteiger partial charge in [0.05, 0.1) is 18.0 Å². The molecule has 1 fully saturated rings. The molecule has 4 rings (SSSR count). The molecule has 1 aromatic carbocycles. The number of anilines is 1. The number of benzene rings is 1. The van der Waals surface area contributed by atoms with E-state index in [4.69, 9.17) is 5.26 Å². The van der Waals surface area contributed by atoms with Crippen LogP contribution in [0.25, 0.3) is 11.2 Å². The van der Waals surface area contributed by atoms with Crippen molar-refractivity contribution in [3.63, 3.8) is 0 Å². The van der Waals surface area contributed by atoms with Crippen molar-refractivity contribution < 1.29 is 0 Å². The van der Waals surface area contributed by atoms with Crippen LogP contribution in [0.1, 0.15) is 11.1 Å². The minimum absolute atomic E-state index is 0.706. The first kappa shape index (κ1) is 15.5. The molecule has 0 atom stereocenters. The number of hydrogen-bond acceptors (Lipinski definition) is 6. The molecule has 1 aliphatic heterocycles. The van der Waals surface area contributed by atoms with E-state index in [9.17, 15) is 0 Å². The van der Waals surface area contributed by atoms with Gasteiger partial charge in [0.15, 0.2) is 11.5 Å². The van der Waals surface area contributed by atoms with Crippen molar-refractivity contribution in [2.45, 2.75) is 6.54 Å². The van der Waals surface area contributed by atoms with Gasteiger partial charge in [0, 0.05) is 39.8 Å². The van der Waals surface area contributed by atoms with Gasteiger partial charge >= 0.3 is 0 Å². The van der Waals surface area contributed by atoms with E-state index < -0.39 is 0 Å². The van der Waals surface area contributed by atoms with Crippen LogP contribution in [-0.4, -0.2) is 50.6 Å². The smallest absolute Gasteiger partial charge is 0.182 e. The quantitative estimate of drug-likeness (QED) is 0.724. The summed E-state index contributed by atoms with van der Waals surface area (Å²) in [5.41, 5.74) is 3.68. The molecule has 0 radical (unpaired) electrons. The third-order valence-electron chi connectivity index (χ3n) is 4.65. The Hall–Kier alpha value is -2.98. The van der Waals surface area contributed by atoms with Gasteiger partial charge in [0.1, 0.15) is 11.8 Å². The Labute approximate surface area is 146 Å². The van der Waals surface area contributed by atoms with E-state index in [1.165, 1.54) is 5.56 Å². The summed E-state index contributed by atoms with van der Waals surface area (Å²) < 4.78 is 1.98. The van der Waals surface area contributed by atoms with Crippen molar-refractivity contribution in [3.05, 3.63) is 48.0 Å². The van der Waals surface area contributed by atoms with Crippen LogP contribution in [0.2, 0.25) is 0 Å². The summed E-state index contributed by atoms with van der Waals surface area (Å²) >= 11 is 0. The van der Waals surface area contributed by atoms with Gasteiger partial charge in [-0.05, 0) is 17.7 Å². The van der Waals surface area contributed by atoms with Crippen molar-refractivity contribution in [2.24, 2.45) is 7.05 Å².